The lowest BCUT2D eigenvalue weighted by Gasteiger charge is -2.30. The molecule has 1 unspecified atom stereocenters. The maximum atomic E-state index is 9.49. The van der Waals surface area contributed by atoms with Gasteiger partial charge in [-0.15, -0.1) is 0 Å². The number of hydrogen-bond acceptors (Lipinski definition) is 3. The molecule has 4 heteroatoms. The highest BCUT2D eigenvalue weighted by atomic mass is 35.5. The van der Waals surface area contributed by atoms with E-state index in [1.165, 1.54) is 18.4 Å². The first-order valence-corrected chi connectivity index (χ1v) is 7.97. The van der Waals surface area contributed by atoms with Crippen molar-refractivity contribution in [3.63, 3.8) is 0 Å². The van der Waals surface area contributed by atoms with Crippen LogP contribution < -0.4 is 5.32 Å². The molecule has 2 rings (SSSR count). The van der Waals surface area contributed by atoms with Crippen LogP contribution in [0.3, 0.4) is 0 Å². The Bertz CT molecular complexity index is 419. The zero-order valence-electron chi connectivity index (χ0n) is 12.2. The number of benzene rings is 1. The van der Waals surface area contributed by atoms with Gasteiger partial charge in [0.25, 0.3) is 0 Å². The van der Waals surface area contributed by atoms with Crippen molar-refractivity contribution in [2.75, 3.05) is 26.2 Å². The van der Waals surface area contributed by atoms with Crippen molar-refractivity contribution < 1.29 is 5.11 Å². The summed E-state index contributed by atoms with van der Waals surface area (Å²) in [6.07, 6.45) is 3.77. The van der Waals surface area contributed by atoms with E-state index in [0.717, 1.165) is 45.1 Å². The van der Waals surface area contributed by atoms with Gasteiger partial charge in [-0.25, -0.2) is 0 Å². The lowest BCUT2D eigenvalue weighted by Crippen LogP contribution is -2.38. The normalized spacial score (nSPS) is 19.4. The quantitative estimate of drug-likeness (QED) is 0.846. The maximum Gasteiger partial charge on any atom is 0.134 e. The van der Waals surface area contributed by atoms with E-state index < -0.39 is 0 Å². The predicted molar refractivity (Wildman–Crippen MR) is 84.3 cm³/mol. The van der Waals surface area contributed by atoms with Crippen LogP contribution in [0.2, 0.25) is 5.02 Å². The molecule has 1 aromatic rings. The van der Waals surface area contributed by atoms with E-state index in [0.29, 0.717) is 5.02 Å². The summed E-state index contributed by atoms with van der Waals surface area (Å²) in [6, 6.07) is 5.52. The summed E-state index contributed by atoms with van der Waals surface area (Å²) in [6.45, 7) is 7.67. The van der Waals surface area contributed by atoms with E-state index in [2.05, 4.69) is 17.1 Å². The van der Waals surface area contributed by atoms with Gasteiger partial charge in [0.05, 0.1) is 5.02 Å². The molecule has 0 aliphatic carbocycles. The molecule has 0 saturated carbocycles. The first-order chi connectivity index (χ1) is 9.69. The summed E-state index contributed by atoms with van der Waals surface area (Å²) in [5.41, 5.74) is 1.17. The molecule has 0 radical (unpaired) electrons. The minimum atomic E-state index is 0.161. The number of aromatic hydroxyl groups is 1. The lowest BCUT2D eigenvalue weighted by molar-refractivity contribution is 0.201. The van der Waals surface area contributed by atoms with E-state index in [9.17, 15) is 5.11 Å². The zero-order chi connectivity index (χ0) is 14.4. The van der Waals surface area contributed by atoms with Crippen molar-refractivity contribution in [3.05, 3.63) is 28.8 Å². The van der Waals surface area contributed by atoms with E-state index in [1.807, 2.05) is 12.1 Å². The Hall–Kier alpha value is -0.770. The molecule has 1 fully saturated rings. The number of hydrogen-bond donors (Lipinski definition) is 2. The largest absolute Gasteiger partial charge is 0.506 e. The van der Waals surface area contributed by atoms with Crippen LogP contribution in [-0.4, -0.2) is 36.2 Å². The van der Waals surface area contributed by atoms with E-state index in [4.69, 9.17) is 11.6 Å². The van der Waals surface area contributed by atoms with Gasteiger partial charge in [0.2, 0.25) is 0 Å². The summed E-state index contributed by atoms with van der Waals surface area (Å²) in [7, 11) is 0. The SMILES string of the molecule is CCCN(Cc1ccc(O)c(Cl)c1)CC1CCCNC1. The summed E-state index contributed by atoms with van der Waals surface area (Å²) >= 11 is 5.99. The van der Waals surface area contributed by atoms with Crippen molar-refractivity contribution in [2.45, 2.75) is 32.7 Å². The van der Waals surface area contributed by atoms with Gasteiger partial charge in [-0.3, -0.25) is 4.90 Å². The fraction of sp³-hybridized carbons (Fsp3) is 0.625. The molecule has 1 saturated heterocycles. The highest BCUT2D eigenvalue weighted by Crippen LogP contribution is 2.24. The summed E-state index contributed by atoms with van der Waals surface area (Å²) < 4.78 is 0. The number of piperidine rings is 1. The van der Waals surface area contributed by atoms with Crippen LogP contribution in [0.5, 0.6) is 5.75 Å². The predicted octanol–water partition coefficient (Wildman–Crippen LogP) is 3.26. The Balaban J connectivity index is 1.94. The van der Waals surface area contributed by atoms with Crippen LogP contribution in [0.15, 0.2) is 18.2 Å². The van der Waals surface area contributed by atoms with E-state index in [1.54, 1.807) is 6.07 Å². The van der Waals surface area contributed by atoms with Crippen molar-refractivity contribution in [2.24, 2.45) is 5.92 Å². The molecule has 0 amide bonds. The Kier molecular flexibility index (Phi) is 6.14. The third-order valence-corrected chi connectivity index (χ3v) is 4.18. The highest BCUT2D eigenvalue weighted by Gasteiger charge is 2.17. The second-order valence-electron chi connectivity index (χ2n) is 5.73. The molecule has 0 spiro atoms. The molecule has 3 nitrogen and oxygen atoms in total. The number of nitrogens with zero attached hydrogens (tertiary/aromatic N) is 1. The van der Waals surface area contributed by atoms with Gasteiger partial charge in [-0.05, 0) is 62.5 Å². The topological polar surface area (TPSA) is 35.5 Å². The Morgan fingerprint density at radius 1 is 1.45 bits per heavy atom. The molecular formula is C16H25ClN2O. The molecule has 112 valence electrons. The monoisotopic (exact) mass is 296 g/mol. The third kappa shape index (κ3) is 4.65. The fourth-order valence-corrected chi connectivity index (χ4v) is 3.11. The molecular weight excluding hydrogens is 272 g/mol. The van der Waals surface area contributed by atoms with Gasteiger partial charge in [0.1, 0.15) is 5.75 Å². The first kappa shape index (κ1) is 15.6. The minimum Gasteiger partial charge on any atom is -0.506 e. The molecule has 2 N–H and O–H groups in total. The summed E-state index contributed by atoms with van der Waals surface area (Å²) in [4.78, 5) is 2.50. The molecule has 0 bridgehead atoms. The molecule has 1 aliphatic heterocycles. The zero-order valence-corrected chi connectivity index (χ0v) is 13.0. The van der Waals surface area contributed by atoms with Crippen molar-refractivity contribution in [3.8, 4) is 5.75 Å². The van der Waals surface area contributed by atoms with Crippen LogP contribution in [0.4, 0.5) is 0 Å². The standard InChI is InChI=1S/C16H25ClN2O/c1-2-8-19(12-14-4-3-7-18-10-14)11-13-5-6-16(20)15(17)9-13/h5-6,9,14,18,20H,2-4,7-8,10-12H2,1H3. The van der Waals surface area contributed by atoms with Gasteiger partial charge in [-0.1, -0.05) is 24.6 Å². The van der Waals surface area contributed by atoms with Crippen molar-refractivity contribution in [1.82, 2.24) is 10.2 Å². The van der Waals surface area contributed by atoms with Crippen molar-refractivity contribution in [1.29, 1.82) is 0 Å². The molecule has 1 aromatic carbocycles. The molecule has 1 heterocycles. The number of nitrogens with one attached hydrogen (secondary N) is 1. The average Bonchev–Trinajstić information content (AvgIpc) is 2.44. The first-order valence-electron chi connectivity index (χ1n) is 7.59. The second kappa shape index (κ2) is 7.87. The van der Waals surface area contributed by atoms with Gasteiger partial charge < -0.3 is 10.4 Å². The van der Waals surface area contributed by atoms with Gasteiger partial charge >= 0.3 is 0 Å². The van der Waals surface area contributed by atoms with Gasteiger partial charge in [-0.2, -0.15) is 0 Å². The molecule has 20 heavy (non-hydrogen) atoms. The Morgan fingerprint density at radius 2 is 2.30 bits per heavy atom. The Morgan fingerprint density at radius 3 is 2.95 bits per heavy atom. The number of halogens is 1. The minimum absolute atomic E-state index is 0.161. The highest BCUT2D eigenvalue weighted by molar-refractivity contribution is 6.32. The van der Waals surface area contributed by atoms with Crippen LogP contribution >= 0.6 is 11.6 Å². The number of phenols is 1. The van der Waals surface area contributed by atoms with E-state index >= 15 is 0 Å². The Labute approximate surface area is 126 Å². The smallest absolute Gasteiger partial charge is 0.134 e. The van der Waals surface area contributed by atoms with Crippen LogP contribution in [0.1, 0.15) is 31.7 Å². The van der Waals surface area contributed by atoms with Gasteiger partial charge in [0, 0.05) is 13.1 Å². The lowest BCUT2D eigenvalue weighted by atomic mass is 9.98. The van der Waals surface area contributed by atoms with Gasteiger partial charge in [0.15, 0.2) is 0 Å². The fourth-order valence-electron chi connectivity index (χ4n) is 2.90. The van der Waals surface area contributed by atoms with Crippen LogP contribution in [0.25, 0.3) is 0 Å². The molecule has 0 aromatic heterocycles. The van der Waals surface area contributed by atoms with Crippen molar-refractivity contribution >= 4 is 11.6 Å². The summed E-state index contributed by atoms with van der Waals surface area (Å²) in [5.74, 6) is 0.914. The number of phenolic OH excluding ortho intramolecular Hbond substituents is 1. The number of rotatable bonds is 6. The van der Waals surface area contributed by atoms with Crippen LogP contribution in [-0.2, 0) is 6.54 Å². The van der Waals surface area contributed by atoms with Crippen LogP contribution in [0, 0.1) is 5.92 Å². The second-order valence-corrected chi connectivity index (χ2v) is 6.14. The average molecular weight is 297 g/mol. The summed E-state index contributed by atoms with van der Waals surface area (Å²) in [5, 5.41) is 13.4. The molecule has 1 aliphatic rings. The molecule has 1 atom stereocenters. The maximum absolute atomic E-state index is 9.49. The third-order valence-electron chi connectivity index (χ3n) is 3.87. The van der Waals surface area contributed by atoms with E-state index in [-0.39, 0.29) is 5.75 Å².